The minimum atomic E-state index is -0.846. The summed E-state index contributed by atoms with van der Waals surface area (Å²) in [5, 5.41) is 9.04. The van der Waals surface area contributed by atoms with Gasteiger partial charge in [0.1, 0.15) is 4.88 Å². The largest absolute Gasteiger partial charge is 0.477 e. The molecule has 0 atom stereocenters. The molecular formula is C15H18N2O2S. The van der Waals surface area contributed by atoms with E-state index in [2.05, 4.69) is 16.8 Å². The molecule has 0 saturated heterocycles. The van der Waals surface area contributed by atoms with Crippen LogP contribution in [-0.4, -0.2) is 27.5 Å². The molecule has 0 unspecified atom stereocenters. The summed E-state index contributed by atoms with van der Waals surface area (Å²) in [5.74, 6) is -0.846. The van der Waals surface area contributed by atoms with Gasteiger partial charge in [0.25, 0.3) is 0 Å². The average Bonchev–Trinajstić information content (AvgIpc) is 2.81. The van der Waals surface area contributed by atoms with Crippen LogP contribution < -0.4 is 0 Å². The second-order valence-electron chi connectivity index (χ2n) is 4.66. The van der Waals surface area contributed by atoms with Crippen LogP contribution in [0.15, 0.2) is 30.6 Å². The van der Waals surface area contributed by atoms with Crippen LogP contribution >= 0.6 is 11.3 Å². The Labute approximate surface area is 122 Å². The summed E-state index contributed by atoms with van der Waals surface area (Å²) in [6, 6.07) is 5.80. The lowest BCUT2D eigenvalue weighted by atomic mass is 10.2. The summed E-state index contributed by atoms with van der Waals surface area (Å²) in [5.41, 5.74) is 2.32. The maximum absolute atomic E-state index is 11.0. The van der Waals surface area contributed by atoms with E-state index in [1.165, 1.54) is 16.9 Å². The molecule has 0 aromatic carbocycles. The molecule has 20 heavy (non-hydrogen) atoms. The summed E-state index contributed by atoms with van der Waals surface area (Å²) in [6.45, 7) is 6.62. The molecule has 0 radical (unpaired) electrons. The number of hydrogen-bond acceptors (Lipinski definition) is 4. The maximum Gasteiger partial charge on any atom is 0.345 e. The van der Waals surface area contributed by atoms with Crippen molar-refractivity contribution in [1.29, 1.82) is 0 Å². The maximum atomic E-state index is 11.0. The molecule has 0 bridgehead atoms. The lowest BCUT2D eigenvalue weighted by molar-refractivity contribution is 0.0702. The first kappa shape index (κ1) is 14.7. The molecule has 0 saturated carbocycles. The number of nitrogens with zero attached hydrogens (tertiary/aromatic N) is 2. The van der Waals surface area contributed by atoms with E-state index in [9.17, 15) is 4.79 Å². The third-order valence-corrected chi connectivity index (χ3v) is 4.31. The normalized spacial score (nSPS) is 10.9. The predicted octanol–water partition coefficient (Wildman–Crippen LogP) is 3.17. The fourth-order valence-electron chi connectivity index (χ4n) is 2.05. The Balaban J connectivity index is 2.08. The number of carbonyl (C=O) groups is 1. The Bertz CT molecular complexity index is 581. The first-order valence-corrected chi connectivity index (χ1v) is 7.35. The van der Waals surface area contributed by atoms with Crippen LogP contribution in [-0.2, 0) is 13.1 Å². The van der Waals surface area contributed by atoms with Gasteiger partial charge in [0.15, 0.2) is 0 Å². The first-order valence-electron chi connectivity index (χ1n) is 6.54. The molecule has 0 aliphatic carbocycles. The average molecular weight is 290 g/mol. The fourth-order valence-corrected chi connectivity index (χ4v) is 2.92. The van der Waals surface area contributed by atoms with E-state index >= 15 is 0 Å². The molecule has 1 N–H and O–H groups in total. The van der Waals surface area contributed by atoms with Crippen molar-refractivity contribution in [3.63, 3.8) is 0 Å². The van der Waals surface area contributed by atoms with E-state index < -0.39 is 5.97 Å². The van der Waals surface area contributed by atoms with Crippen molar-refractivity contribution >= 4 is 17.3 Å². The number of rotatable bonds is 6. The minimum Gasteiger partial charge on any atom is -0.477 e. The van der Waals surface area contributed by atoms with E-state index in [4.69, 9.17) is 5.11 Å². The van der Waals surface area contributed by atoms with E-state index in [0.29, 0.717) is 4.88 Å². The predicted molar refractivity (Wildman–Crippen MR) is 80.0 cm³/mol. The van der Waals surface area contributed by atoms with Crippen LogP contribution in [0, 0.1) is 6.92 Å². The Kier molecular flexibility index (Phi) is 4.87. The van der Waals surface area contributed by atoms with Gasteiger partial charge in [-0.1, -0.05) is 6.92 Å². The van der Waals surface area contributed by atoms with Gasteiger partial charge in [-0.05, 0) is 42.8 Å². The van der Waals surface area contributed by atoms with Crippen LogP contribution in [0.3, 0.4) is 0 Å². The molecule has 2 rings (SSSR count). The summed E-state index contributed by atoms with van der Waals surface area (Å²) in [4.78, 5) is 18.8. The standard InChI is InChI=1S/C15H18N2O2S/c1-3-17(9-12-4-6-16-7-5-12)10-13-8-14(15(18)19)20-11(13)2/h4-8H,3,9-10H2,1-2H3,(H,18,19). The summed E-state index contributed by atoms with van der Waals surface area (Å²) < 4.78 is 0. The number of aromatic carboxylic acids is 1. The van der Waals surface area contributed by atoms with Crippen molar-refractivity contribution in [2.24, 2.45) is 0 Å². The highest BCUT2D eigenvalue weighted by molar-refractivity contribution is 7.14. The van der Waals surface area contributed by atoms with E-state index in [1.54, 1.807) is 18.5 Å². The van der Waals surface area contributed by atoms with Gasteiger partial charge in [-0.3, -0.25) is 9.88 Å². The number of hydrogen-bond donors (Lipinski definition) is 1. The zero-order chi connectivity index (χ0) is 14.5. The van der Waals surface area contributed by atoms with Crippen molar-refractivity contribution in [3.8, 4) is 0 Å². The Morgan fingerprint density at radius 2 is 2.05 bits per heavy atom. The summed E-state index contributed by atoms with van der Waals surface area (Å²) in [6.07, 6.45) is 3.59. The van der Waals surface area contributed by atoms with Gasteiger partial charge in [-0.2, -0.15) is 0 Å². The fraction of sp³-hybridized carbons (Fsp3) is 0.333. The Morgan fingerprint density at radius 1 is 1.35 bits per heavy atom. The molecule has 0 fully saturated rings. The number of carboxylic acid groups (broad SMARTS) is 1. The van der Waals surface area contributed by atoms with Gasteiger partial charge in [-0.25, -0.2) is 4.79 Å². The van der Waals surface area contributed by atoms with Gasteiger partial charge in [-0.15, -0.1) is 11.3 Å². The van der Waals surface area contributed by atoms with Gasteiger partial charge >= 0.3 is 5.97 Å². The highest BCUT2D eigenvalue weighted by Crippen LogP contribution is 2.23. The van der Waals surface area contributed by atoms with Crippen LogP contribution in [0.4, 0.5) is 0 Å². The lowest BCUT2D eigenvalue weighted by Crippen LogP contribution is -2.22. The monoisotopic (exact) mass is 290 g/mol. The van der Waals surface area contributed by atoms with Crippen LogP contribution in [0.2, 0.25) is 0 Å². The van der Waals surface area contributed by atoms with Gasteiger partial charge < -0.3 is 5.11 Å². The van der Waals surface area contributed by atoms with Crippen LogP contribution in [0.1, 0.15) is 32.6 Å². The van der Waals surface area contributed by atoms with Gasteiger partial charge in [0.2, 0.25) is 0 Å². The molecule has 2 heterocycles. The molecule has 0 aliphatic heterocycles. The van der Waals surface area contributed by atoms with Crippen molar-refractivity contribution in [3.05, 3.63) is 51.5 Å². The number of aryl methyl sites for hydroxylation is 1. The smallest absolute Gasteiger partial charge is 0.345 e. The van der Waals surface area contributed by atoms with Gasteiger partial charge in [0, 0.05) is 30.4 Å². The molecule has 0 amide bonds. The lowest BCUT2D eigenvalue weighted by Gasteiger charge is -2.20. The van der Waals surface area contributed by atoms with Crippen molar-refractivity contribution in [1.82, 2.24) is 9.88 Å². The minimum absolute atomic E-state index is 0.414. The molecule has 5 heteroatoms. The Morgan fingerprint density at radius 3 is 2.60 bits per heavy atom. The van der Waals surface area contributed by atoms with Crippen LogP contribution in [0.25, 0.3) is 0 Å². The van der Waals surface area contributed by atoms with Crippen molar-refractivity contribution < 1.29 is 9.90 Å². The molecule has 2 aromatic heterocycles. The second kappa shape index (κ2) is 6.63. The number of carboxylic acids is 1. The summed E-state index contributed by atoms with van der Waals surface area (Å²) >= 11 is 1.35. The SMILES string of the molecule is CCN(Cc1ccncc1)Cc1cc(C(=O)O)sc1C. The Hall–Kier alpha value is -1.72. The zero-order valence-corrected chi connectivity index (χ0v) is 12.5. The van der Waals surface area contributed by atoms with E-state index in [-0.39, 0.29) is 0 Å². The topological polar surface area (TPSA) is 53.4 Å². The number of pyridine rings is 1. The number of thiophene rings is 1. The van der Waals surface area contributed by atoms with E-state index in [1.807, 2.05) is 19.1 Å². The molecule has 4 nitrogen and oxygen atoms in total. The third-order valence-electron chi connectivity index (χ3n) is 3.23. The van der Waals surface area contributed by atoms with E-state index in [0.717, 1.165) is 30.1 Å². The number of aromatic nitrogens is 1. The molecule has 0 aliphatic rings. The molecular weight excluding hydrogens is 272 g/mol. The first-order chi connectivity index (χ1) is 9.60. The highest BCUT2D eigenvalue weighted by Gasteiger charge is 2.13. The molecule has 2 aromatic rings. The quantitative estimate of drug-likeness (QED) is 0.888. The van der Waals surface area contributed by atoms with Crippen molar-refractivity contribution in [2.75, 3.05) is 6.54 Å². The van der Waals surface area contributed by atoms with Gasteiger partial charge in [0.05, 0.1) is 0 Å². The zero-order valence-electron chi connectivity index (χ0n) is 11.7. The molecule has 0 spiro atoms. The van der Waals surface area contributed by atoms with Crippen LogP contribution in [0.5, 0.6) is 0 Å². The third kappa shape index (κ3) is 3.65. The second-order valence-corrected chi connectivity index (χ2v) is 5.91. The summed E-state index contributed by atoms with van der Waals surface area (Å²) in [7, 11) is 0. The van der Waals surface area contributed by atoms with Crippen molar-refractivity contribution in [2.45, 2.75) is 26.9 Å². The molecule has 106 valence electrons. The highest BCUT2D eigenvalue weighted by atomic mass is 32.1.